The third-order valence-corrected chi connectivity index (χ3v) is 3.71. The molecule has 124 valence electrons. The topological polar surface area (TPSA) is 57.4 Å². The van der Waals surface area contributed by atoms with Gasteiger partial charge in [0, 0.05) is 10.6 Å². The molecule has 0 spiro atoms. The molecule has 0 N–H and O–H groups in total. The van der Waals surface area contributed by atoms with Crippen molar-refractivity contribution in [3.8, 4) is 22.9 Å². The molecule has 0 bridgehead atoms. The van der Waals surface area contributed by atoms with Crippen LogP contribution in [0, 0.1) is 0 Å². The maximum atomic E-state index is 5.96. The van der Waals surface area contributed by atoms with Crippen molar-refractivity contribution >= 4 is 11.6 Å². The number of nitrogens with zero attached hydrogens (tertiary/aromatic N) is 2. The molecule has 6 heteroatoms. The van der Waals surface area contributed by atoms with Crippen molar-refractivity contribution in [3.63, 3.8) is 0 Å². The van der Waals surface area contributed by atoms with Crippen molar-refractivity contribution in [1.29, 1.82) is 0 Å². The molecule has 0 aliphatic carbocycles. The molecule has 0 fully saturated rings. The lowest BCUT2D eigenvalue weighted by Crippen LogP contribution is -2.25. The summed E-state index contributed by atoms with van der Waals surface area (Å²) in [6.07, 6.45) is 0. The van der Waals surface area contributed by atoms with Gasteiger partial charge in [0.1, 0.15) is 11.5 Å². The van der Waals surface area contributed by atoms with Crippen molar-refractivity contribution in [2.24, 2.45) is 0 Å². The summed E-state index contributed by atoms with van der Waals surface area (Å²) in [6, 6.07) is 14.6. The fourth-order valence-electron chi connectivity index (χ4n) is 2.19. The summed E-state index contributed by atoms with van der Waals surface area (Å²) in [6.45, 7) is 3.73. The average molecular weight is 345 g/mol. The number of hydrogen-bond donors (Lipinski definition) is 0. The van der Waals surface area contributed by atoms with Gasteiger partial charge < -0.3 is 14.0 Å². The van der Waals surface area contributed by atoms with Crippen LogP contribution in [0.5, 0.6) is 11.5 Å². The monoisotopic (exact) mass is 344 g/mol. The smallest absolute Gasteiger partial charge is 0.270 e. The molecule has 0 atom stereocenters. The zero-order valence-corrected chi connectivity index (χ0v) is 14.4. The quantitative estimate of drug-likeness (QED) is 0.670. The number of benzene rings is 2. The number of ether oxygens (including phenoxy) is 2. The third-order valence-electron chi connectivity index (χ3n) is 3.46. The van der Waals surface area contributed by atoms with Crippen molar-refractivity contribution in [2.45, 2.75) is 19.4 Å². The van der Waals surface area contributed by atoms with Gasteiger partial charge in [-0.15, -0.1) is 0 Å². The van der Waals surface area contributed by atoms with E-state index >= 15 is 0 Å². The van der Waals surface area contributed by atoms with Crippen LogP contribution in [0.15, 0.2) is 53.1 Å². The van der Waals surface area contributed by atoms with Gasteiger partial charge in [0.15, 0.2) is 5.60 Å². The van der Waals surface area contributed by atoms with E-state index < -0.39 is 5.60 Å². The molecule has 5 nitrogen and oxygen atoms in total. The zero-order chi connectivity index (χ0) is 17.2. The lowest BCUT2D eigenvalue weighted by molar-refractivity contribution is 0.0692. The fraction of sp³-hybridized carbons (Fsp3) is 0.222. The van der Waals surface area contributed by atoms with Crippen LogP contribution in [-0.2, 0) is 5.60 Å². The molecule has 0 saturated carbocycles. The zero-order valence-electron chi connectivity index (χ0n) is 13.6. The standard InChI is InChI=1S/C18H17ClN2O3/c1-18(2,23-14-9-7-13(19)8-10-14)17-20-16(21-24-17)12-5-4-6-15(11-12)22-3/h4-11H,1-3H3. The van der Waals surface area contributed by atoms with E-state index in [1.54, 1.807) is 31.4 Å². The van der Waals surface area contributed by atoms with Crippen LogP contribution in [0.2, 0.25) is 5.02 Å². The van der Waals surface area contributed by atoms with E-state index in [1.165, 1.54) is 0 Å². The molecule has 0 aliphatic heterocycles. The minimum absolute atomic E-state index is 0.385. The van der Waals surface area contributed by atoms with E-state index in [2.05, 4.69) is 10.1 Å². The highest BCUT2D eigenvalue weighted by molar-refractivity contribution is 6.30. The van der Waals surface area contributed by atoms with Crippen LogP contribution < -0.4 is 9.47 Å². The molecular formula is C18H17ClN2O3. The third kappa shape index (κ3) is 3.51. The predicted molar refractivity (Wildman–Crippen MR) is 91.4 cm³/mol. The molecule has 0 amide bonds. The minimum atomic E-state index is -0.780. The number of halogens is 1. The second kappa shape index (κ2) is 6.53. The van der Waals surface area contributed by atoms with Gasteiger partial charge in [-0.2, -0.15) is 4.98 Å². The largest absolute Gasteiger partial charge is 0.497 e. The van der Waals surface area contributed by atoms with Crippen LogP contribution in [-0.4, -0.2) is 17.3 Å². The van der Waals surface area contributed by atoms with E-state index in [0.717, 1.165) is 11.3 Å². The Morgan fingerprint density at radius 2 is 1.79 bits per heavy atom. The molecule has 2 aromatic carbocycles. The van der Waals surface area contributed by atoms with E-state index in [0.29, 0.717) is 22.5 Å². The van der Waals surface area contributed by atoms with E-state index in [-0.39, 0.29) is 0 Å². The van der Waals surface area contributed by atoms with Crippen LogP contribution in [0.4, 0.5) is 0 Å². The highest BCUT2D eigenvalue weighted by Gasteiger charge is 2.30. The molecule has 0 aliphatic rings. The number of hydrogen-bond acceptors (Lipinski definition) is 5. The average Bonchev–Trinajstić information content (AvgIpc) is 3.08. The maximum Gasteiger partial charge on any atom is 0.270 e. The summed E-state index contributed by atoms with van der Waals surface area (Å²) in [4.78, 5) is 4.46. The SMILES string of the molecule is COc1cccc(-c2noc(C(C)(C)Oc3ccc(Cl)cc3)n2)c1. The molecule has 3 rings (SSSR count). The van der Waals surface area contributed by atoms with Gasteiger partial charge in [-0.25, -0.2) is 0 Å². The highest BCUT2D eigenvalue weighted by Crippen LogP contribution is 2.29. The summed E-state index contributed by atoms with van der Waals surface area (Å²) in [5.74, 6) is 2.27. The first-order valence-electron chi connectivity index (χ1n) is 7.41. The highest BCUT2D eigenvalue weighted by atomic mass is 35.5. The lowest BCUT2D eigenvalue weighted by Gasteiger charge is -2.22. The summed E-state index contributed by atoms with van der Waals surface area (Å²) < 4.78 is 16.6. The maximum absolute atomic E-state index is 5.96. The Morgan fingerprint density at radius 3 is 2.50 bits per heavy atom. The van der Waals surface area contributed by atoms with Gasteiger partial charge in [-0.3, -0.25) is 0 Å². The second-order valence-electron chi connectivity index (χ2n) is 5.72. The second-order valence-corrected chi connectivity index (χ2v) is 6.16. The van der Waals surface area contributed by atoms with Gasteiger partial charge in [0.05, 0.1) is 7.11 Å². The Labute approximate surface area is 145 Å². The molecule has 1 heterocycles. The summed E-state index contributed by atoms with van der Waals surface area (Å²) in [5, 5.41) is 4.69. The van der Waals surface area contributed by atoms with Crippen LogP contribution >= 0.6 is 11.6 Å². The molecule has 1 aromatic heterocycles. The molecule has 0 saturated heterocycles. The van der Waals surface area contributed by atoms with Gasteiger partial charge in [0.25, 0.3) is 5.89 Å². The number of methoxy groups -OCH3 is 1. The Morgan fingerprint density at radius 1 is 1.04 bits per heavy atom. The molecular weight excluding hydrogens is 328 g/mol. The van der Waals surface area contributed by atoms with Crippen molar-refractivity contribution in [1.82, 2.24) is 10.1 Å². The number of rotatable bonds is 5. The van der Waals surface area contributed by atoms with Crippen molar-refractivity contribution in [2.75, 3.05) is 7.11 Å². The molecule has 3 aromatic rings. The first-order valence-corrected chi connectivity index (χ1v) is 7.79. The van der Waals surface area contributed by atoms with Crippen LogP contribution in [0.25, 0.3) is 11.4 Å². The normalized spacial score (nSPS) is 11.3. The van der Waals surface area contributed by atoms with E-state index in [9.17, 15) is 0 Å². The van der Waals surface area contributed by atoms with E-state index in [4.69, 9.17) is 25.6 Å². The van der Waals surface area contributed by atoms with Crippen molar-refractivity contribution < 1.29 is 14.0 Å². The van der Waals surface area contributed by atoms with Gasteiger partial charge in [-0.1, -0.05) is 28.9 Å². The molecule has 24 heavy (non-hydrogen) atoms. The van der Waals surface area contributed by atoms with Crippen LogP contribution in [0.1, 0.15) is 19.7 Å². The first-order chi connectivity index (χ1) is 11.5. The van der Waals surface area contributed by atoms with Gasteiger partial charge in [-0.05, 0) is 50.2 Å². The number of aromatic nitrogens is 2. The lowest BCUT2D eigenvalue weighted by atomic mass is 10.1. The van der Waals surface area contributed by atoms with Gasteiger partial charge in [0.2, 0.25) is 5.82 Å². The predicted octanol–water partition coefficient (Wildman–Crippen LogP) is 4.71. The summed E-state index contributed by atoms with van der Waals surface area (Å²) in [7, 11) is 1.61. The minimum Gasteiger partial charge on any atom is -0.497 e. The Hall–Kier alpha value is -2.53. The van der Waals surface area contributed by atoms with Crippen LogP contribution in [0.3, 0.4) is 0 Å². The van der Waals surface area contributed by atoms with E-state index in [1.807, 2.05) is 38.1 Å². The Balaban J connectivity index is 1.84. The van der Waals surface area contributed by atoms with Gasteiger partial charge >= 0.3 is 0 Å². The van der Waals surface area contributed by atoms with Crippen molar-refractivity contribution in [3.05, 3.63) is 59.4 Å². The molecule has 0 unspecified atom stereocenters. The summed E-state index contributed by atoms with van der Waals surface area (Å²) >= 11 is 5.89. The molecule has 0 radical (unpaired) electrons. The Bertz CT molecular complexity index is 828. The first kappa shape index (κ1) is 16.3. The fourth-order valence-corrected chi connectivity index (χ4v) is 2.31. The summed E-state index contributed by atoms with van der Waals surface area (Å²) in [5.41, 5.74) is 0.0319. The Kier molecular flexibility index (Phi) is 4.44.